The average molecular weight is 469 g/mol. The molecule has 0 spiro atoms. The SMILES string of the molecule is CCOc1cc(CNCCc2c[nH]c3ccccc23)cc(Cl)c1OCc1cccc(Cl)c1. The van der Waals surface area contributed by atoms with E-state index in [1.807, 2.05) is 49.4 Å². The molecule has 6 heteroatoms. The van der Waals surface area contributed by atoms with Gasteiger partial charge in [0.2, 0.25) is 0 Å². The number of hydrogen-bond acceptors (Lipinski definition) is 3. The van der Waals surface area contributed by atoms with Gasteiger partial charge in [-0.3, -0.25) is 0 Å². The van der Waals surface area contributed by atoms with E-state index in [1.165, 1.54) is 16.5 Å². The Morgan fingerprint density at radius 2 is 1.81 bits per heavy atom. The minimum Gasteiger partial charge on any atom is -0.490 e. The largest absolute Gasteiger partial charge is 0.490 e. The maximum Gasteiger partial charge on any atom is 0.180 e. The molecule has 0 aliphatic rings. The molecule has 0 aliphatic carbocycles. The van der Waals surface area contributed by atoms with Crippen molar-refractivity contribution >= 4 is 34.1 Å². The molecule has 1 heterocycles. The number of nitrogens with one attached hydrogen (secondary N) is 2. The van der Waals surface area contributed by atoms with Crippen LogP contribution in [0, 0.1) is 0 Å². The summed E-state index contributed by atoms with van der Waals surface area (Å²) < 4.78 is 11.8. The second kappa shape index (κ2) is 10.8. The number of aromatic amines is 1. The summed E-state index contributed by atoms with van der Waals surface area (Å²) >= 11 is 12.6. The first-order valence-electron chi connectivity index (χ1n) is 10.7. The van der Waals surface area contributed by atoms with Gasteiger partial charge in [0.05, 0.1) is 11.6 Å². The first kappa shape index (κ1) is 22.5. The van der Waals surface area contributed by atoms with Gasteiger partial charge in [-0.2, -0.15) is 0 Å². The number of halogens is 2. The Kier molecular flexibility index (Phi) is 7.59. The number of rotatable bonds is 10. The summed E-state index contributed by atoms with van der Waals surface area (Å²) in [4.78, 5) is 3.33. The van der Waals surface area contributed by atoms with Gasteiger partial charge < -0.3 is 19.8 Å². The molecule has 4 rings (SSSR count). The maximum atomic E-state index is 6.56. The second-order valence-electron chi connectivity index (χ2n) is 7.54. The summed E-state index contributed by atoms with van der Waals surface area (Å²) in [6.45, 7) is 4.39. The molecule has 0 fully saturated rings. The van der Waals surface area contributed by atoms with E-state index in [4.69, 9.17) is 32.7 Å². The van der Waals surface area contributed by atoms with Crippen LogP contribution >= 0.6 is 23.2 Å². The fourth-order valence-corrected chi connectivity index (χ4v) is 4.20. The molecule has 0 aliphatic heterocycles. The number of aromatic nitrogens is 1. The molecule has 32 heavy (non-hydrogen) atoms. The molecule has 0 atom stereocenters. The molecule has 4 aromatic rings. The van der Waals surface area contributed by atoms with Gasteiger partial charge in [-0.1, -0.05) is 53.5 Å². The second-order valence-corrected chi connectivity index (χ2v) is 8.39. The highest BCUT2D eigenvalue weighted by Crippen LogP contribution is 2.37. The number of H-pyrrole nitrogens is 1. The van der Waals surface area contributed by atoms with Crippen LogP contribution in [0.5, 0.6) is 11.5 Å². The molecule has 0 saturated carbocycles. The summed E-state index contributed by atoms with van der Waals surface area (Å²) in [7, 11) is 0. The summed E-state index contributed by atoms with van der Waals surface area (Å²) in [5, 5.41) is 5.99. The van der Waals surface area contributed by atoms with Crippen LogP contribution in [0.3, 0.4) is 0 Å². The minimum absolute atomic E-state index is 0.364. The van der Waals surface area contributed by atoms with E-state index in [-0.39, 0.29) is 0 Å². The zero-order valence-electron chi connectivity index (χ0n) is 18.0. The highest BCUT2D eigenvalue weighted by Gasteiger charge is 2.13. The zero-order valence-corrected chi connectivity index (χ0v) is 19.5. The summed E-state index contributed by atoms with van der Waals surface area (Å²) in [6, 6.07) is 19.9. The standard InChI is InChI=1S/C26H26Cl2N2O2/c1-2-31-25-14-19(13-23(28)26(25)32-17-18-6-5-7-21(27)12-18)15-29-11-10-20-16-30-24-9-4-3-8-22(20)24/h3-9,12-14,16,29-30H,2,10-11,15,17H2,1H3. The van der Waals surface area contributed by atoms with Gasteiger partial charge in [-0.05, 0) is 66.9 Å². The Balaban J connectivity index is 1.38. The van der Waals surface area contributed by atoms with Gasteiger partial charge in [0.25, 0.3) is 0 Å². The summed E-state index contributed by atoms with van der Waals surface area (Å²) in [5.41, 5.74) is 4.50. The Labute approximate surface area is 198 Å². The molecule has 1 aromatic heterocycles. The monoisotopic (exact) mass is 468 g/mol. The van der Waals surface area contributed by atoms with Crippen LogP contribution in [0.2, 0.25) is 10.0 Å². The van der Waals surface area contributed by atoms with Crippen LogP contribution in [-0.4, -0.2) is 18.1 Å². The number of benzene rings is 3. The number of para-hydroxylation sites is 1. The molecule has 0 amide bonds. The fourth-order valence-electron chi connectivity index (χ4n) is 3.70. The third kappa shape index (κ3) is 5.57. The van der Waals surface area contributed by atoms with E-state index < -0.39 is 0 Å². The number of hydrogen-bond donors (Lipinski definition) is 2. The van der Waals surface area contributed by atoms with E-state index >= 15 is 0 Å². The first-order chi connectivity index (χ1) is 15.6. The molecule has 0 saturated heterocycles. The van der Waals surface area contributed by atoms with Gasteiger partial charge in [0, 0.05) is 28.7 Å². The molecule has 166 valence electrons. The van der Waals surface area contributed by atoms with Crippen molar-refractivity contribution in [2.24, 2.45) is 0 Å². The lowest BCUT2D eigenvalue weighted by molar-refractivity contribution is 0.269. The molecule has 4 nitrogen and oxygen atoms in total. The molecule has 0 unspecified atom stereocenters. The topological polar surface area (TPSA) is 46.3 Å². The van der Waals surface area contributed by atoms with E-state index in [0.717, 1.165) is 24.1 Å². The average Bonchev–Trinajstić information content (AvgIpc) is 3.20. The van der Waals surface area contributed by atoms with Crippen LogP contribution in [0.4, 0.5) is 0 Å². The van der Waals surface area contributed by atoms with Gasteiger partial charge >= 0.3 is 0 Å². The van der Waals surface area contributed by atoms with E-state index in [1.54, 1.807) is 0 Å². The Morgan fingerprint density at radius 3 is 2.66 bits per heavy atom. The normalized spacial score (nSPS) is 11.1. The maximum absolute atomic E-state index is 6.56. The van der Waals surface area contributed by atoms with Crippen LogP contribution < -0.4 is 14.8 Å². The van der Waals surface area contributed by atoms with E-state index in [0.29, 0.717) is 41.3 Å². The van der Waals surface area contributed by atoms with Crippen LogP contribution in [0.25, 0.3) is 10.9 Å². The molecular formula is C26H26Cl2N2O2. The molecule has 3 aromatic carbocycles. The van der Waals surface area contributed by atoms with Gasteiger partial charge in [0.1, 0.15) is 6.61 Å². The molecule has 2 N–H and O–H groups in total. The third-order valence-electron chi connectivity index (χ3n) is 5.22. The van der Waals surface area contributed by atoms with Gasteiger partial charge in [-0.25, -0.2) is 0 Å². The van der Waals surface area contributed by atoms with E-state index in [2.05, 4.69) is 34.7 Å². The van der Waals surface area contributed by atoms with Crippen molar-refractivity contribution < 1.29 is 9.47 Å². The Bertz CT molecular complexity index is 1190. The van der Waals surface area contributed by atoms with Crippen molar-refractivity contribution in [2.45, 2.75) is 26.5 Å². The van der Waals surface area contributed by atoms with Gasteiger partial charge in [-0.15, -0.1) is 0 Å². The molecule has 0 radical (unpaired) electrons. The quantitative estimate of drug-likeness (QED) is 0.252. The van der Waals surface area contributed by atoms with Crippen LogP contribution in [0.15, 0.2) is 66.9 Å². The molecule has 0 bridgehead atoms. The van der Waals surface area contributed by atoms with Crippen molar-refractivity contribution in [3.8, 4) is 11.5 Å². The Hall–Kier alpha value is -2.66. The number of fused-ring (bicyclic) bond motifs is 1. The highest BCUT2D eigenvalue weighted by atomic mass is 35.5. The van der Waals surface area contributed by atoms with Crippen LogP contribution in [-0.2, 0) is 19.6 Å². The first-order valence-corrected chi connectivity index (χ1v) is 11.5. The predicted octanol–water partition coefficient (Wildman–Crippen LogP) is 6.78. The third-order valence-corrected chi connectivity index (χ3v) is 5.73. The van der Waals surface area contributed by atoms with E-state index in [9.17, 15) is 0 Å². The zero-order chi connectivity index (χ0) is 22.3. The van der Waals surface area contributed by atoms with Crippen molar-refractivity contribution in [2.75, 3.05) is 13.2 Å². The lowest BCUT2D eigenvalue weighted by atomic mass is 10.1. The minimum atomic E-state index is 0.364. The predicted molar refractivity (Wildman–Crippen MR) is 132 cm³/mol. The summed E-state index contributed by atoms with van der Waals surface area (Å²) in [6.07, 6.45) is 3.03. The Morgan fingerprint density at radius 1 is 0.938 bits per heavy atom. The summed E-state index contributed by atoms with van der Waals surface area (Å²) in [5.74, 6) is 1.20. The van der Waals surface area contributed by atoms with Crippen LogP contribution in [0.1, 0.15) is 23.6 Å². The smallest absolute Gasteiger partial charge is 0.180 e. The van der Waals surface area contributed by atoms with Crippen molar-refractivity contribution in [1.29, 1.82) is 0 Å². The lowest BCUT2D eigenvalue weighted by Gasteiger charge is -2.16. The highest BCUT2D eigenvalue weighted by molar-refractivity contribution is 6.32. The van der Waals surface area contributed by atoms with Crippen molar-refractivity contribution in [3.05, 3.63) is 93.6 Å². The van der Waals surface area contributed by atoms with Crippen molar-refractivity contribution in [3.63, 3.8) is 0 Å². The van der Waals surface area contributed by atoms with Gasteiger partial charge in [0.15, 0.2) is 11.5 Å². The number of ether oxygens (including phenoxy) is 2. The lowest BCUT2D eigenvalue weighted by Crippen LogP contribution is -2.16. The van der Waals surface area contributed by atoms with Crippen molar-refractivity contribution in [1.82, 2.24) is 10.3 Å². The molecular weight excluding hydrogens is 443 g/mol. The fraction of sp³-hybridized carbons (Fsp3) is 0.231.